The fourth-order valence-electron chi connectivity index (χ4n) is 5.58. The summed E-state index contributed by atoms with van der Waals surface area (Å²) in [4.78, 5) is 46.1. The van der Waals surface area contributed by atoms with Crippen LogP contribution in [0.1, 0.15) is 75.8 Å². The summed E-state index contributed by atoms with van der Waals surface area (Å²) in [6, 6.07) is 11.2. The van der Waals surface area contributed by atoms with Gasteiger partial charge in [0.2, 0.25) is 11.8 Å². The molecule has 0 saturated carbocycles. The van der Waals surface area contributed by atoms with Gasteiger partial charge in [-0.15, -0.1) is 0 Å². The summed E-state index contributed by atoms with van der Waals surface area (Å²) in [5.41, 5.74) is 3.00. The summed E-state index contributed by atoms with van der Waals surface area (Å²) < 4.78 is 5.42. The van der Waals surface area contributed by atoms with Crippen molar-refractivity contribution in [2.45, 2.75) is 84.0 Å². The molecule has 2 aromatic heterocycles. The van der Waals surface area contributed by atoms with Crippen LogP contribution in [-0.2, 0) is 21.5 Å². The molecule has 0 spiro atoms. The van der Waals surface area contributed by atoms with E-state index >= 15 is 0 Å². The van der Waals surface area contributed by atoms with Crippen molar-refractivity contribution in [1.29, 1.82) is 5.26 Å². The largest absolute Gasteiger partial charge is 0.496 e. The van der Waals surface area contributed by atoms with Crippen molar-refractivity contribution in [2.24, 2.45) is 11.8 Å². The Morgan fingerprint density at radius 1 is 1.14 bits per heavy atom. The fraction of sp³-hybridized carbons (Fsp3) is 0.515. The molecule has 3 heterocycles. The van der Waals surface area contributed by atoms with Crippen molar-refractivity contribution in [3.63, 3.8) is 0 Å². The van der Waals surface area contributed by atoms with Gasteiger partial charge in [0.1, 0.15) is 23.5 Å². The Labute approximate surface area is 258 Å². The molecule has 3 amide bonds. The summed E-state index contributed by atoms with van der Waals surface area (Å²) in [6.07, 6.45) is 1.32. The van der Waals surface area contributed by atoms with Crippen molar-refractivity contribution >= 4 is 28.6 Å². The Hall–Kier alpha value is -4.30. The van der Waals surface area contributed by atoms with Gasteiger partial charge < -0.3 is 30.7 Å². The Balaban J connectivity index is 1.51. The van der Waals surface area contributed by atoms with Crippen LogP contribution >= 0.6 is 0 Å². The zero-order valence-corrected chi connectivity index (χ0v) is 26.5. The molecule has 11 heteroatoms. The van der Waals surface area contributed by atoms with Gasteiger partial charge in [-0.2, -0.15) is 5.26 Å². The van der Waals surface area contributed by atoms with E-state index in [1.165, 1.54) is 0 Å². The topological polar surface area (TPSA) is 164 Å². The second-order valence-electron chi connectivity index (χ2n) is 13.0. The second kappa shape index (κ2) is 14.0. The van der Waals surface area contributed by atoms with Gasteiger partial charge in [-0.1, -0.05) is 40.7 Å². The highest BCUT2D eigenvalue weighted by molar-refractivity contribution is 6.01. The monoisotopic (exact) mass is 603 g/mol. The lowest BCUT2D eigenvalue weighted by Gasteiger charge is -2.28. The molecule has 1 aliphatic rings. The van der Waals surface area contributed by atoms with Gasteiger partial charge in [-0.25, -0.2) is 0 Å². The number of aromatic nitrogens is 2. The van der Waals surface area contributed by atoms with Crippen LogP contribution in [0.4, 0.5) is 0 Å². The van der Waals surface area contributed by atoms with E-state index in [-0.39, 0.29) is 23.2 Å². The van der Waals surface area contributed by atoms with Crippen LogP contribution in [0.3, 0.4) is 0 Å². The van der Waals surface area contributed by atoms with Gasteiger partial charge in [0.25, 0.3) is 5.91 Å². The minimum absolute atomic E-state index is 0.0476. The Bertz CT molecular complexity index is 1510. The van der Waals surface area contributed by atoms with E-state index in [0.29, 0.717) is 43.8 Å². The lowest BCUT2D eigenvalue weighted by Crippen LogP contribution is -2.56. The average Bonchev–Trinajstić information content (AvgIpc) is 3.72. The molecule has 44 heavy (non-hydrogen) atoms. The van der Waals surface area contributed by atoms with Crippen molar-refractivity contribution in [3.8, 4) is 11.8 Å². The molecule has 4 rings (SSSR count). The standard InChI is InChI=1S/C33H45N7O4/c1-19(2)14-25(40-32(43)26-16-22-23(38-26)8-7-9-28(22)44-6)31(42)39-24(15-20-12-13-35-30(20)41)27(17-34)36-18-21-10-11-29(37-21)33(3,4)5/h7-11,16,19-20,24-25,27,36-38H,12-15,18H2,1-6H3,(H,35,41)(H,39,42)(H,40,43)/t20-,24-,25-,27?/m0/s1. The molecule has 0 aliphatic carbocycles. The quantitative estimate of drug-likeness (QED) is 0.175. The molecule has 11 nitrogen and oxygen atoms in total. The molecular formula is C33H45N7O4. The van der Waals surface area contributed by atoms with Gasteiger partial charge in [0.05, 0.1) is 19.2 Å². The zero-order chi connectivity index (χ0) is 32.0. The number of ether oxygens (including phenoxy) is 1. The first-order valence-electron chi connectivity index (χ1n) is 15.3. The lowest BCUT2D eigenvalue weighted by atomic mass is 9.93. The minimum Gasteiger partial charge on any atom is -0.496 e. The Morgan fingerprint density at radius 2 is 1.91 bits per heavy atom. The number of amides is 3. The van der Waals surface area contributed by atoms with Crippen molar-refractivity contribution in [3.05, 3.63) is 53.5 Å². The molecule has 0 bridgehead atoms. The summed E-state index contributed by atoms with van der Waals surface area (Å²) in [5, 5.41) is 23.0. The van der Waals surface area contributed by atoms with E-state index in [0.717, 1.165) is 22.3 Å². The highest BCUT2D eigenvalue weighted by Crippen LogP contribution is 2.26. The van der Waals surface area contributed by atoms with Gasteiger partial charge in [0.15, 0.2) is 0 Å². The number of hydrogen-bond acceptors (Lipinski definition) is 6. The first-order chi connectivity index (χ1) is 20.9. The number of rotatable bonds is 13. The molecule has 1 unspecified atom stereocenters. The van der Waals surface area contributed by atoms with Crippen molar-refractivity contribution < 1.29 is 19.1 Å². The predicted molar refractivity (Wildman–Crippen MR) is 169 cm³/mol. The predicted octanol–water partition coefficient (Wildman–Crippen LogP) is 3.64. The zero-order valence-electron chi connectivity index (χ0n) is 26.5. The maximum Gasteiger partial charge on any atom is 0.268 e. The van der Waals surface area contributed by atoms with E-state index in [4.69, 9.17) is 4.74 Å². The summed E-state index contributed by atoms with van der Waals surface area (Å²) in [5.74, 6) is -0.496. The highest BCUT2D eigenvalue weighted by atomic mass is 16.5. The molecule has 1 aliphatic heterocycles. The van der Waals surface area contributed by atoms with Crippen LogP contribution in [0, 0.1) is 23.2 Å². The van der Waals surface area contributed by atoms with E-state index in [1.807, 2.05) is 44.2 Å². The third-order valence-electron chi connectivity index (χ3n) is 8.05. The van der Waals surface area contributed by atoms with Crippen LogP contribution in [0.25, 0.3) is 10.9 Å². The van der Waals surface area contributed by atoms with Gasteiger partial charge in [0, 0.05) is 46.7 Å². The minimum atomic E-state index is -0.854. The molecule has 0 radical (unpaired) electrons. The maximum absolute atomic E-state index is 13.8. The Kier molecular flexibility index (Phi) is 10.4. The van der Waals surface area contributed by atoms with E-state index in [9.17, 15) is 19.6 Å². The molecular weight excluding hydrogens is 558 g/mol. The number of benzene rings is 1. The van der Waals surface area contributed by atoms with Crippen molar-refractivity contribution in [1.82, 2.24) is 31.2 Å². The van der Waals surface area contributed by atoms with E-state index in [1.54, 1.807) is 13.2 Å². The third kappa shape index (κ3) is 7.99. The normalized spacial score (nSPS) is 17.1. The first kappa shape index (κ1) is 32.6. The number of H-pyrrole nitrogens is 2. The molecule has 1 fully saturated rings. The number of fused-ring (bicyclic) bond motifs is 1. The summed E-state index contributed by atoms with van der Waals surface area (Å²) in [7, 11) is 1.57. The van der Waals surface area contributed by atoms with Gasteiger partial charge in [-0.3, -0.25) is 19.7 Å². The van der Waals surface area contributed by atoms with Crippen LogP contribution in [0.2, 0.25) is 0 Å². The molecule has 236 valence electrons. The SMILES string of the molecule is COc1cccc2[nH]c(C(=O)N[C@@H](CC(C)C)C(=O)N[C@@H](C[C@@H]3CCNC3=O)C(C#N)NCc3ccc(C(C)(C)C)[nH]3)cc12. The van der Waals surface area contributed by atoms with Crippen LogP contribution in [0.15, 0.2) is 36.4 Å². The molecule has 4 atom stereocenters. The number of carbonyl (C=O) groups is 3. The van der Waals surface area contributed by atoms with Crippen LogP contribution in [-0.4, -0.2) is 59.5 Å². The number of hydrogen-bond donors (Lipinski definition) is 6. The summed E-state index contributed by atoms with van der Waals surface area (Å²) in [6.45, 7) is 11.3. The molecule has 1 saturated heterocycles. The second-order valence-corrected chi connectivity index (χ2v) is 13.0. The number of aromatic amines is 2. The average molecular weight is 604 g/mol. The number of nitriles is 1. The lowest BCUT2D eigenvalue weighted by molar-refractivity contribution is -0.126. The third-order valence-corrected chi connectivity index (χ3v) is 8.05. The number of nitrogens with zero attached hydrogens (tertiary/aromatic N) is 1. The Morgan fingerprint density at radius 3 is 2.52 bits per heavy atom. The van der Waals surface area contributed by atoms with E-state index in [2.05, 4.69) is 58.1 Å². The molecule has 6 N–H and O–H groups in total. The first-order valence-corrected chi connectivity index (χ1v) is 15.3. The summed E-state index contributed by atoms with van der Waals surface area (Å²) >= 11 is 0. The van der Waals surface area contributed by atoms with E-state index < -0.39 is 29.9 Å². The van der Waals surface area contributed by atoms with Crippen LogP contribution in [0.5, 0.6) is 5.75 Å². The number of carbonyl (C=O) groups excluding carboxylic acids is 3. The van der Waals surface area contributed by atoms with Crippen molar-refractivity contribution in [2.75, 3.05) is 13.7 Å². The van der Waals surface area contributed by atoms with Crippen LogP contribution < -0.4 is 26.0 Å². The number of methoxy groups -OCH3 is 1. The number of nitrogens with one attached hydrogen (secondary N) is 6. The van der Waals surface area contributed by atoms with Gasteiger partial charge >= 0.3 is 0 Å². The smallest absolute Gasteiger partial charge is 0.268 e. The van der Waals surface area contributed by atoms with Gasteiger partial charge in [-0.05, 0) is 55.5 Å². The maximum atomic E-state index is 13.8. The fourth-order valence-corrected chi connectivity index (χ4v) is 5.58. The molecule has 1 aromatic carbocycles. The highest BCUT2D eigenvalue weighted by Gasteiger charge is 2.34. The molecule has 3 aromatic rings.